The Bertz CT molecular complexity index is 330. The van der Waals surface area contributed by atoms with Crippen molar-refractivity contribution in [1.29, 1.82) is 0 Å². The van der Waals surface area contributed by atoms with Gasteiger partial charge in [0.15, 0.2) is 0 Å². The third kappa shape index (κ3) is 3.44. The fraction of sp³-hybridized carbons (Fsp3) is 0.571. The lowest BCUT2D eigenvalue weighted by molar-refractivity contribution is 0.0460. The van der Waals surface area contributed by atoms with E-state index < -0.39 is 5.60 Å². The van der Waals surface area contributed by atoms with Crippen molar-refractivity contribution in [2.45, 2.75) is 31.8 Å². The first kappa shape index (κ1) is 14.5. The fourth-order valence-electron chi connectivity index (χ4n) is 2.43. The first-order chi connectivity index (χ1) is 7.74. The summed E-state index contributed by atoms with van der Waals surface area (Å²) in [6.45, 7) is 5.13. The normalized spacial score (nSPS) is 24.6. The molecule has 0 aromatic heterocycles. The molecule has 0 bridgehead atoms. The zero-order valence-electron chi connectivity index (χ0n) is 10.4. The van der Waals surface area contributed by atoms with E-state index in [-0.39, 0.29) is 12.4 Å². The van der Waals surface area contributed by atoms with Gasteiger partial charge < -0.3 is 10.0 Å². The van der Waals surface area contributed by atoms with Crippen LogP contribution < -0.4 is 0 Å². The summed E-state index contributed by atoms with van der Waals surface area (Å²) in [5.41, 5.74) is 0.448. The highest BCUT2D eigenvalue weighted by Crippen LogP contribution is 2.31. The second-order valence-corrected chi connectivity index (χ2v) is 4.78. The van der Waals surface area contributed by atoms with Crippen LogP contribution in [0.1, 0.15) is 31.7 Å². The molecule has 1 aromatic carbocycles. The Morgan fingerprint density at radius 2 is 2.00 bits per heavy atom. The van der Waals surface area contributed by atoms with Gasteiger partial charge in [-0.1, -0.05) is 43.7 Å². The average Bonchev–Trinajstić information content (AvgIpc) is 2.71. The van der Waals surface area contributed by atoms with Crippen molar-refractivity contribution >= 4 is 12.4 Å². The van der Waals surface area contributed by atoms with Crippen molar-refractivity contribution < 1.29 is 5.11 Å². The van der Waals surface area contributed by atoms with Crippen LogP contribution in [0.5, 0.6) is 0 Å². The number of rotatable bonds is 4. The fourth-order valence-corrected chi connectivity index (χ4v) is 2.43. The smallest absolute Gasteiger partial charge is 0.103 e. The van der Waals surface area contributed by atoms with Gasteiger partial charge in [0, 0.05) is 13.1 Å². The molecule has 1 aromatic rings. The number of hydrogen-bond donors (Lipinski definition) is 1. The summed E-state index contributed by atoms with van der Waals surface area (Å²) in [4.78, 5) is 2.37. The van der Waals surface area contributed by atoms with Crippen LogP contribution in [0.15, 0.2) is 30.3 Å². The molecule has 0 saturated carbocycles. The minimum atomic E-state index is -0.616. The molecule has 0 radical (unpaired) electrons. The lowest BCUT2D eigenvalue weighted by Crippen LogP contribution is -2.31. The van der Waals surface area contributed by atoms with Crippen LogP contribution in [0.25, 0.3) is 0 Å². The Morgan fingerprint density at radius 1 is 1.29 bits per heavy atom. The summed E-state index contributed by atoms with van der Waals surface area (Å²) >= 11 is 0. The molecule has 1 atom stereocenters. The molecule has 2 rings (SSSR count). The van der Waals surface area contributed by atoms with E-state index in [9.17, 15) is 5.11 Å². The molecule has 0 amide bonds. The third-order valence-electron chi connectivity index (χ3n) is 3.47. The van der Waals surface area contributed by atoms with Gasteiger partial charge >= 0.3 is 0 Å². The molecule has 1 aliphatic heterocycles. The molecular formula is C14H22ClNO. The molecule has 0 spiro atoms. The van der Waals surface area contributed by atoms with E-state index in [4.69, 9.17) is 0 Å². The average molecular weight is 256 g/mol. The van der Waals surface area contributed by atoms with Crippen LogP contribution in [0.3, 0.4) is 0 Å². The van der Waals surface area contributed by atoms with Gasteiger partial charge in [0.25, 0.3) is 0 Å². The molecule has 1 N–H and O–H groups in total. The molecule has 0 aliphatic carbocycles. The van der Waals surface area contributed by atoms with E-state index in [1.807, 2.05) is 30.3 Å². The third-order valence-corrected chi connectivity index (χ3v) is 3.47. The second-order valence-electron chi connectivity index (χ2n) is 4.78. The summed E-state index contributed by atoms with van der Waals surface area (Å²) in [5, 5.41) is 10.6. The molecule has 1 aliphatic rings. The quantitative estimate of drug-likeness (QED) is 0.894. The van der Waals surface area contributed by atoms with E-state index in [0.717, 1.165) is 31.6 Å². The number of halogens is 1. The maximum Gasteiger partial charge on any atom is 0.103 e. The largest absolute Gasteiger partial charge is 0.384 e. The Balaban J connectivity index is 0.00000144. The van der Waals surface area contributed by atoms with E-state index in [1.54, 1.807) is 0 Å². The number of hydrogen-bond acceptors (Lipinski definition) is 2. The Labute approximate surface area is 110 Å². The minimum Gasteiger partial charge on any atom is -0.384 e. The zero-order chi connectivity index (χ0) is 11.4. The number of nitrogens with zero attached hydrogens (tertiary/aromatic N) is 1. The highest BCUT2D eigenvalue weighted by Gasteiger charge is 2.36. The minimum absolute atomic E-state index is 0. The number of likely N-dealkylation sites (tertiary alicyclic amines) is 1. The van der Waals surface area contributed by atoms with Crippen LogP contribution in [0.4, 0.5) is 0 Å². The van der Waals surface area contributed by atoms with Crippen molar-refractivity contribution in [1.82, 2.24) is 4.90 Å². The van der Waals surface area contributed by atoms with Crippen LogP contribution in [-0.4, -0.2) is 29.6 Å². The molecule has 96 valence electrons. The van der Waals surface area contributed by atoms with Gasteiger partial charge in [0.05, 0.1) is 0 Å². The molecule has 1 heterocycles. The van der Waals surface area contributed by atoms with E-state index >= 15 is 0 Å². The van der Waals surface area contributed by atoms with Crippen LogP contribution >= 0.6 is 12.4 Å². The lowest BCUT2D eigenvalue weighted by Gasteiger charge is -2.24. The molecule has 1 fully saturated rings. The van der Waals surface area contributed by atoms with E-state index in [1.165, 1.54) is 12.8 Å². The van der Waals surface area contributed by atoms with Crippen molar-refractivity contribution in [3.63, 3.8) is 0 Å². The first-order valence-corrected chi connectivity index (χ1v) is 6.25. The van der Waals surface area contributed by atoms with E-state index in [0.29, 0.717) is 0 Å². The second kappa shape index (κ2) is 6.39. The predicted molar refractivity (Wildman–Crippen MR) is 73.6 cm³/mol. The standard InChI is InChI=1S/C14H21NO.ClH/c1-2-3-10-15-11-9-14(16,12-15)13-7-5-4-6-8-13;/h4-8,16H,2-3,9-12H2,1H3;1H. The monoisotopic (exact) mass is 255 g/mol. The number of unbranched alkanes of at least 4 members (excludes halogenated alkanes) is 1. The van der Waals surface area contributed by atoms with Gasteiger partial charge in [-0.2, -0.15) is 0 Å². The molecule has 17 heavy (non-hydrogen) atoms. The predicted octanol–water partition coefficient (Wildman–Crippen LogP) is 2.80. The van der Waals surface area contributed by atoms with Crippen molar-refractivity contribution in [2.75, 3.05) is 19.6 Å². The Hall–Kier alpha value is -0.570. The van der Waals surface area contributed by atoms with Gasteiger partial charge in [-0.05, 0) is 24.9 Å². The summed E-state index contributed by atoms with van der Waals surface area (Å²) in [5.74, 6) is 0. The Kier molecular flexibility index (Phi) is 5.44. The SMILES string of the molecule is CCCCN1CCC(O)(c2ccccc2)C1.Cl. The maximum atomic E-state index is 10.6. The summed E-state index contributed by atoms with van der Waals surface area (Å²) in [6.07, 6.45) is 3.31. The van der Waals surface area contributed by atoms with Crippen LogP contribution in [0.2, 0.25) is 0 Å². The maximum absolute atomic E-state index is 10.6. The molecule has 1 unspecified atom stereocenters. The summed E-state index contributed by atoms with van der Waals surface area (Å²) < 4.78 is 0. The van der Waals surface area contributed by atoms with E-state index in [2.05, 4.69) is 11.8 Å². The van der Waals surface area contributed by atoms with Crippen molar-refractivity contribution in [3.05, 3.63) is 35.9 Å². The van der Waals surface area contributed by atoms with Gasteiger partial charge in [-0.25, -0.2) is 0 Å². The summed E-state index contributed by atoms with van der Waals surface area (Å²) in [6, 6.07) is 10.1. The van der Waals surface area contributed by atoms with Crippen molar-refractivity contribution in [3.8, 4) is 0 Å². The van der Waals surface area contributed by atoms with Crippen molar-refractivity contribution in [2.24, 2.45) is 0 Å². The zero-order valence-corrected chi connectivity index (χ0v) is 11.2. The van der Waals surface area contributed by atoms with Crippen LogP contribution in [0, 0.1) is 0 Å². The van der Waals surface area contributed by atoms with Gasteiger partial charge in [0.1, 0.15) is 5.60 Å². The lowest BCUT2D eigenvalue weighted by atomic mass is 9.93. The van der Waals surface area contributed by atoms with Crippen LogP contribution in [-0.2, 0) is 5.60 Å². The summed E-state index contributed by atoms with van der Waals surface area (Å²) in [7, 11) is 0. The number of benzene rings is 1. The highest BCUT2D eigenvalue weighted by atomic mass is 35.5. The van der Waals surface area contributed by atoms with Gasteiger partial charge in [-0.3, -0.25) is 0 Å². The number of β-amino-alcohol motifs (C(OH)–C–C–N with tert-alkyl or cyclic N) is 1. The van der Waals surface area contributed by atoms with Gasteiger partial charge in [-0.15, -0.1) is 12.4 Å². The Morgan fingerprint density at radius 3 is 2.65 bits per heavy atom. The molecule has 1 saturated heterocycles. The topological polar surface area (TPSA) is 23.5 Å². The molecule has 3 heteroatoms. The highest BCUT2D eigenvalue weighted by molar-refractivity contribution is 5.85. The molecular weight excluding hydrogens is 234 g/mol. The molecule has 2 nitrogen and oxygen atoms in total. The van der Waals surface area contributed by atoms with Gasteiger partial charge in [0.2, 0.25) is 0 Å². The first-order valence-electron chi connectivity index (χ1n) is 6.25. The number of aliphatic hydroxyl groups is 1.